The molecule has 0 unspecified atom stereocenters. The second-order valence-corrected chi connectivity index (χ2v) is 8.65. The fourth-order valence-corrected chi connectivity index (χ4v) is 4.30. The molecule has 9 nitrogen and oxygen atoms in total. The van der Waals surface area contributed by atoms with E-state index in [1.54, 1.807) is 68.6 Å². The van der Waals surface area contributed by atoms with Crippen LogP contribution in [0, 0.1) is 0 Å². The molecule has 1 fully saturated rings. The van der Waals surface area contributed by atoms with Crippen LogP contribution in [0.3, 0.4) is 0 Å². The molecule has 2 amide bonds. The van der Waals surface area contributed by atoms with Crippen LogP contribution in [0.25, 0.3) is 6.08 Å². The highest BCUT2D eigenvalue weighted by atomic mass is 16.5. The first kappa shape index (κ1) is 26.0. The molecule has 1 N–H and O–H groups in total. The van der Waals surface area contributed by atoms with Crippen molar-refractivity contribution in [3.63, 3.8) is 0 Å². The molecule has 37 heavy (non-hydrogen) atoms. The molecule has 2 aliphatic heterocycles. The predicted octanol–water partition coefficient (Wildman–Crippen LogP) is 3.25. The maximum absolute atomic E-state index is 13.4. The van der Waals surface area contributed by atoms with Gasteiger partial charge in [0.15, 0.2) is 6.61 Å². The fourth-order valence-electron chi connectivity index (χ4n) is 4.30. The highest BCUT2D eigenvalue weighted by Crippen LogP contribution is 2.36. The molecule has 1 atom stereocenters. The highest BCUT2D eigenvalue weighted by Gasteiger charge is 2.38. The Labute approximate surface area is 215 Å². The molecule has 0 radical (unpaired) electrons. The van der Waals surface area contributed by atoms with Crippen LogP contribution in [0.1, 0.15) is 25.3 Å². The van der Waals surface area contributed by atoms with Crippen molar-refractivity contribution >= 4 is 29.5 Å². The van der Waals surface area contributed by atoms with E-state index in [0.29, 0.717) is 35.0 Å². The molecule has 1 saturated heterocycles. The number of carbonyl (C=O) groups is 3. The number of anilines is 1. The lowest BCUT2D eigenvalue weighted by atomic mass is 10.0. The predicted molar refractivity (Wildman–Crippen MR) is 137 cm³/mol. The van der Waals surface area contributed by atoms with Gasteiger partial charge in [0.25, 0.3) is 11.8 Å². The first-order valence-electron chi connectivity index (χ1n) is 12.0. The summed E-state index contributed by atoms with van der Waals surface area (Å²) in [6, 6.07) is 13.9. The normalized spacial score (nSPS) is 18.4. The molecule has 0 spiro atoms. The molecule has 0 saturated carbocycles. The molecule has 0 aliphatic carbocycles. The number of esters is 1. The second kappa shape index (κ2) is 11.7. The van der Waals surface area contributed by atoms with Crippen LogP contribution < -0.4 is 19.7 Å². The van der Waals surface area contributed by atoms with Gasteiger partial charge in [-0.25, -0.2) is 4.79 Å². The van der Waals surface area contributed by atoms with Crippen LogP contribution in [0.2, 0.25) is 0 Å². The molecule has 194 valence electrons. The van der Waals surface area contributed by atoms with Crippen molar-refractivity contribution in [3.8, 4) is 11.5 Å². The van der Waals surface area contributed by atoms with Crippen molar-refractivity contribution in [1.82, 2.24) is 5.32 Å². The van der Waals surface area contributed by atoms with E-state index in [1.165, 1.54) is 12.0 Å². The Kier molecular flexibility index (Phi) is 8.25. The number of carbonyl (C=O) groups excluding carboxylic acids is 3. The zero-order chi connectivity index (χ0) is 26.4. The van der Waals surface area contributed by atoms with E-state index in [4.69, 9.17) is 18.9 Å². The van der Waals surface area contributed by atoms with E-state index in [-0.39, 0.29) is 35.7 Å². The van der Waals surface area contributed by atoms with Crippen LogP contribution in [0.4, 0.5) is 5.69 Å². The summed E-state index contributed by atoms with van der Waals surface area (Å²) in [5.41, 5.74) is 2.13. The number of hydrogen-bond acceptors (Lipinski definition) is 7. The van der Waals surface area contributed by atoms with Crippen LogP contribution in [-0.4, -0.2) is 57.9 Å². The first-order chi connectivity index (χ1) is 17.9. The Morgan fingerprint density at radius 1 is 1.14 bits per heavy atom. The van der Waals surface area contributed by atoms with E-state index >= 15 is 0 Å². The molecule has 2 aromatic carbocycles. The summed E-state index contributed by atoms with van der Waals surface area (Å²) in [7, 11) is 2.83. The van der Waals surface area contributed by atoms with Crippen molar-refractivity contribution in [2.45, 2.75) is 25.9 Å². The molecular formula is C28H30N2O7. The zero-order valence-electron chi connectivity index (χ0n) is 21.1. The lowest BCUT2D eigenvalue weighted by molar-refractivity contribution is -0.136. The zero-order valence-corrected chi connectivity index (χ0v) is 21.1. The topological polar surface area (TPSA) is 103 Å². The van der Waals surface area contributed by atoms with Crippen LogP contribution in [0.5, 0.6) is 11.5 Å². The van der Waals surface area contributed by atoms with Gasteiger partial charge in [-0.2, -0.15) is 0 Å². The Balaban J connectivity index is 1.48. The summed E-state index contributed by atoms with van der Waals surface area (Å²) in [4.78, 5) is 39.6. The SMILES string of the molecule is COC(=O)C1=C(C)N(c2cccc(OC)c2)C(=O)/C1=C\c1ccc(OCC(=O)NC[C@@H]2CCCO2)cc1. The van der Waals surface area contributed by atoms with Crippen LogP contribution in [-0.2, 0) is 23.9 Å². The number of amides is 2. The van der Waals surface area contributed by atoms with E-state index in [0.717, 1.165) is 19.4 Å². The summed E-state index contributed by atoms with van der Waals surface area (Å²) in [5.74, 6) is -0.0820. The number of ether oxygens (including phenoxy) is 4. The molecule has 0 aromatic heterocycles. The van der Waals surface area contributed by atoms with Gasteiger partial charge in [0.05, 0.1) is 37.2 Å². The summed E-state index contributed by atoms with van der Waals surface area (Å²) < 4.78 is 21.3. The van der Waals surface area contributed by atoms with E-state index < -0.39 is 5.97 Å². The van der Waals surface area contributed by atoms with Gasteiger partial charge in [0, 0.05) is 24.9 Å². The third-order valence-electron chi connectivity index (χ3n) is 6.21. The average Bonchev–Trinajstić information content (AvgIpc) is 3.52. The minimum absolute atomic E-state index is 0.0713. The van der Waals surface area contributed by atoms with E-state index in [2.05, 4.69) is 5.32 Å². The number of allylic oxidation sites excluding steroid dienone is 1. The summed E-state index contributed by atoms with van der Waals surface area (Å²) in [5, 5.41) is 2.81. The Morgan fingerprint density at radius 3 is 2.59 bits per heavy atom. The second-order valence-electron chi connectivity index (χ2n) is 8.65. The monoisotopic (exact) mass is 506 g/mol. The minimum atomic E-state index is -0.600. The molecular weight excluding hydrogens is 476 g/mol. The Morgan fingerprint density at radius 2 is 1.92 bits per heavy atom. The number of rotatable bonds is 9. The fraction of sp³-hybridized carbons (Fsp3) is 0.321. The molecule has 4 rings (SSSR count). The quantitative estimate of drug-likeness (QED) is 0.411. The number of nitrogens with one attached hydrogen (secondary N) is 1. The van der Waals surface area contributed by atoms with Gasteiger partial charge < -0.3 is 24.3 Å². The van der Waals surface area contributed by atoms with E-state index in [9.17, 15) is 14.4 Å². The van der Waals surface area contributed by atoms with Gasteiger partial charge in [-0.3, -0.25) is 14.5 Å². The Hall–Kier alpha value is -4.11. The Bertz CT molecular complexity index is 1230. The van der Waals surface area contributed by atoms with Gasteiger partial charge in [-0.05, 0) is 55.7 Å². The van der Waals surface area contributed by atoms with Crippen LogP contribution in [0.15, 0.2) is 65.4 Å². The van der Waals surface area contributed by atoms with Crippen molar-refractivity contribution in [2.75, 3.05) is 38.9 Å². The number of nitrogens with zero attached hydrogens (tertiary/aromatic N) is 1. The standard InChI is InChI=1S/C28H30N2O7/c1-18-26(28(33)35-3)24(27(32)30(18)20-6-4-7-22(15-20)34-2)14-19-9-11-21(12-10-19)37-17-25(31)29-16-23-8-5-13-36-23/h4,6-7,9-12,14-15,23H,5,8,13,16-17H2,1-3H3,(H,29,31)/b24-14-/t23-/m0/s1. The number of methoxy groups -OCH3 is 2. The van der Waals surface area contributed by atoms with Crippen molar-refractivity contribution in [3.05, 3.63) is 70.9 Å². The number of benzene rings is 2. The van der Waals surface area contributed by atoms with E-state index in [1.807, 2.05) is 0 Å². The third kappa shape index (κ3) is 6.00. The summed E-state index contributed by atoms with van der Waals surface area (Å²) in [6.45, 7) is 2.80. The van der Waals surface area contributed by atoms with Gasteiger partial charge in [0.2, 0.25) is 0 Å². The lowest BCUT2D eigenvalue weighted by Crippen LogP contribution is -2.35. The first-order valence-corrected chi connectivity index (χ1v) is 12.0. The maximum Gasteiger partial charge on any atom is 0.340 e. The van der Waals surface area contributed by atoms with Gasteiger partial charge in [0.1, 0.15) is 11.5 Å². The highest BCUT2D eigenvalue weighted by molar-refractivity contribution is 6.23. The third-order valence-corrected chi connectivity index (χ3v) is 6.21. The van der Waals surface area contributed by atoms with Crippen LogP contribution >= 0.6 is 0 Å². The summed E-state index contributed by atoms with van der Waals surface area (Å²) in [6.07, 6.45) is 3.67. The van der Waals surface area contributed by atoms with Crippen molar-refractivity contribution in [2.24, 2.45) is 0 Å². The average molecular weight is 507 g/mol. The molecule has 9 heteroatoms. The minimum Gasteiger partial charge on any atom is -0.497 e. The number of hydrogen-bond donors (Lipinski definition) is 1. The van der Waals surface area contributed by atoms with Crippen molar-refractivity contribution in [1.29, 1.82) is 0 Å². The molecule has 0 bridgehead atoms. The smallest absolute Gasteiger partial charge is 0.340 e. The van der Waals surface area contributed by atoms with Gasteiger partial charge >= 0.3 is 5.97 Å². The maximum atomic E-state index is 13.4. The largest absolute Gasteiger partial charge is 0.497 e. The summed E-state index contributed by atoms with van der Waals surface area (Å²) >= 11 is 0. The molecule has 2 heterocycles. The van der Waals surface area contributed by atoms with Gasteiger partial charge in [-0.15, -0.1) is 0 Å². The molecule has 2 aliphatic rings. The lowest BCUT2D eigenvalue weighted by Gasteiger charge is -2.18. The van der Waals surface area contributed by atoms with Gasteiger partial charge in [-0.1, -0.05) is 18.2 Å². The molecule has 2 aromatic rings. The van der Waals surface area contributed by atoms with Crippen molar-refractivity contribution < 1.29 is 33.3 Å².